The van der Waals surface area contributed by atoms with Crippen molar-refractivity contribution in [3.8, 4) is 11.8 Å². The average Bonchev–Trinajstić information content (AvgIpc) is 2.26. The van der Waals surface area contributed by atoms with Gasteiger partial charge < -0.3 is 9.84 Å². The van der Waals surface area contributed by atoms with Crippen molar-refractivity contribution in [3.63, 3.8) is 0 Å². The summed E-state index contributed by atoms with van der Waals surface area (Å²) in [6.07, 6.45) is 0.666. The maximum absolute atomic E-state index is 10.9. The Balaban J connectivity index is 3.50. The SMILES string of the molecule is CCc1ccc(C(=O)O)c(OC)c1C#N. The van der Waals surface area contributed by atoms with E-state index in [-0.39, 0.29) is 11.3 Å². The predicted octanol–water partition coefficient (Wildman–Crippen LogP) is 1.83. The van der Waals surface area contributed by atoms with Gasteiger partial charge in [0.15, 0.2) is 5.75 Å². The first-order chi connectivity index (χ1) is 7.15. The molecule has 1 aromatic rings. The highest BCUT2D eigenvalue weighted by Gasteiger charge is 2.17. The number of hydrogen-bond donors (Lipinski definition) is 1. The number of ether oxygens (including phenoxy) is 1. The Morgan fingerprint density at radius 2 is 2.27 bits per heavy atom. The molecule has 0 fully saturated rings. The normalized spacial score (nSPS) is 9.40. The Labute approximate surface area is 87.7 Å². The Morgan fingerprint density at radius 3 is 2.67 bits per heavy atom. The lowest BCUT2D eigenvalue weighted by Gasteiger charge is -2.09. The van der Waals surface area contributed by atoms with Gasteiger partial charge in [0.2, 0.25) is 0 Å². The van der Waals surface area contributed by atoms with Crippen LogP contribution in [-0.4, -0.2) is 18.2 Å². The van der Waals surface area contributed by atoms with Crippen LogP contribution in [0.1, 0.15) is 28.4 Å². The molecule has 0 aliphatic carbocycles. The van der Waals surface area contributed by atoms with Crippen molar-refractivity contribution in [1.82, 2.24) is 0 Å². The number of methoxy groups -OCH3 is 1. The molecule has 0 atom stereocenters. The summed E-state index contributed by atoms with van der Waals surface area (Å²) in [7, 11) is 1.36. The summed E-state index contributed by atoms with van der Waals surface area (Å²) >= 11 is 0. The van der Waals surface area contributed by atoms with E-state index >= 15 is 0 Å². The summed E-state index contributed by atoms with van der Waals surface area (Å²) in [4.78, 5) is 10.9. The van der Waals surface area contributed by atoms with Gasteiger partial charge in [-0.2, -0.15) is 5.26 Å². The number of carboxylic acids is 1. The lowest BCUT2D eigenvalue weighted by molar-refractivity contribution is 0.0693. The van der Waals surface area contributed by atoms with Crippen molar-refractivity contribution in [2.45, 2.75) is 13.3 Å². The Kier molecular flexibility index (Phi) is 3.29. The van der Waals surface area contributed by atoms with Crippen LogP contribution >= 0.6 is 0 Å². The summed E-state index contributed by atoms with van der Waals surface area (Å²) in [6.45, 7) is 1.90. The third kappa shape index (κ3) is 1.91. The lowest BCUT2D eigenvalue weighted by Crippen LogP contribution is -2.04. The minimum atomic E-state index is -1.09. The molecule has 0 amide bonds. The topological polar surface area (TPSA) is 70.3 Å². The standard InChI is InChI=1S/C11H11NO3/c1-3-7-4-5-8(11(13)14)10(15-2)9(7)6-12/h4-5H,3H2,1-2H3,(H,13,14). The molecule has 1 aromatic carbocycles. The van der Waals surface area contributed by atoms with E-state index in [1.807, 2.05) is 13.0 Å². The van der Waals surface area contributed by atoms with Crippen LogP contribution < -0.4 is 4.74 Å². The Bertz CT molecular complexity index is 432. The van der Waals surface area contributed by atoms with Crippen molar-refractivity contribution in [3.05, 3.63) is 28.8 Å². The fourth-order valence-electron chi connectivity index (χ4n) is 1.42. The number of hydrogen-bond acceptors (Lipinski definition) is 3. The van der Waals surface area contributed by atoms with Crippen LogP contribution in [0.3, 0.4) is 0 Å². The molecule has 0 aliphatic heterocycles. The molecular formula is C11H11NO3. The van der Waals surface area contributed by atoms with E-state index in [1.54, 1.807) is 6.07 Å². The molecular weight excluding hydrogens is 194 g/mol. The lowest BCUT2D eigenvalue weighted by atomic mass is 10.0. The van der Waals surface area contributed by atoms with E-state index in [1.165, 1.54) is 13.2 Å². The van der Waals surface area contributed by atoms with E-state index in [2.05, 4.69) is 0 Å². The molecule has 15 heavy (non-hydrogen) atoms. The zero-order valence-electron chi connectivity index (χ0n) is 8.57. The second-order valence-electron chi connectivity index (χ2n) is 2.95. The van der Waals surface area contributed by atoms with Gasteiger partial charge >= 0.3 is 5.97 Å². The number of carbonyl (C=O) groups is 1. The molecule has 0 heterocycles. The zero-order chi connectivity index (χ0) is 11.4. The minimum Gasteiger partial charge on any atom is -0.494 e. The van der Waals surface area contributed by atoms with E-state index < -0.39 is 5.97 Å². The predicted molar refractivity (Wildman–Crippen MR) is 54.0 cm³/mol. The molecule has 1 rings (SSSR count). The van der Waals surface area contributed by atoms with Gasteiger partial charge in [-0.25, -0.2) is 4.79 Å². The van der Waals surface area contributed by atoms with E-state index in [0.29, 0.717) is 12.0 Å². The van der Waals surface area contributed by atoms with Crippen LogP contribution in [0.15, 0.2) is 12.1 Å². The van der Waals surface area contributed by atoms with Gasteiger partial charge in [-0.1, -0.05) is 13.0 Å². The molecule has 0 bridgehead atoms. The van der Waals surface area contributed by atoms with E-state index in [4.69, 9.17) is 15.1 Å². The number of nitriles is 1. The quantitative estimate of drug-likeness (QED) is 0.817. The maximum atomic E-state index is 10.9. The molecule has 4 nitrogen and oxygen atoms in total. The third-order valence-corrected chi connectivity index (χ3v) is 2.17. The molecule has 0 radical (unpaired) electrons. The van der Waals surface area contributed by atoms with Crippen LogP contribution in [0.4, 0.5) is 0 Å². The monoisotopic (exact) mass is 205 g/mol. The van der Waals surface area contributed by atoms with Gasteiger partial charge in [0.05, 0.1) is 12.7 Å². The summed E-state index contributed by atoms with van der Waals surface area (Å²) < 4.78 is 4.97. The van der Waals surface area contributed by atoms with Crippen LogP contribution in [0.2, 0.25) is 0 Å². The first kappa shape index (κ1) is 11.1. The van der Waals surface area contributed by atoms with Crippen LogP contribution in [-0.2, 0) is 6.42 Å². The van der Waals surface area contributed by atoms with Crippen molar-refractivity contribution in [2.75, 3.05) is 7.11 Å². The number of benzene rings is 1. The van der Waals surface area contributed by atoms with Gasteiger partial charge in [-0.05, 0) is 18.1 Å². The van der Waals surface area contributed by atoms with Crippen molar-refractivity contribution in [1.29, 1.82) is 5.26 Å². The molecule has 0 unspecified atom stereocenters. The molecule has 0 aromatic heterocycles. The molecule has 78 valence electrons. The van der Waals surface area contributed by atoms with Crippen molar-refractivity contribution < 1.29 is 14.6 Å². The second-order valence-corrected chi connectivity index (χ2v) is 2.95. The number of nitrogens with zero attached hydrogens (tertiary/aromatic N) is 1. The van der Waals surface area contributed by atoms with Gasteiger partial charge in [-0.3, -0.25) is 0 Å². The maximum Gasteiger partial charge on any atom is 0.339 e. The number of aryl methyl sites for hydroxylation is 1. The molecule has 4 heteroatoms. The van der Waals surface area contributed by atoms with Crippen molar-refractivity contribution in [2.24, 2.45) is 0 Å². The van der Waals surface area contributed by atoms with Gasteiger partial charge in [0, 0.05) is 0 Å². The highest BCUT2D eigenvalue weighted by molar-refractivity contribution is 5.92. The Morgan fingerprint density at radius 1 is 1.60 bits per heavy atom. The highest BCUT2D eigenvalue weighted by atomic mass is 16.5. The van der Waals surface area contributed by atoms with Gasteiger partial charge in [0.25, 0.3) is 0 Å². The van der Waals surface area contributed by atoms with Gasteiger partial charge in [-0.15, -0.1) is 0 Å². The smallest absolute Gasteiger partial charge is 0.339 e. The first-order valence-electron chi connectivity index (χ1n) is 4.49. The molecule has 1 N–H and O–H groups in total. The molecule has 0 saturated heterocycles. The molecule has 0 aliphatic rings. The summed E-state index contributed by atoms with van der Waals surface area (Å²) in [5.74, 6) is -0.949. The molecule has 0 spiro atoms. The number of rotatable bonds is 3. The van der Waals surface area contributed by atoms with E-state index in [0.717, 1.165) is 5.56 Å². The average molecular weight is 205 g/mol. The van der Waals surface area contributed by atoms with Crippen LogP contribution in [0, 0.1) is 11.3 Å². The summed E-state index contributed by atoms with van der Waals surface area (Å²) in [5, 5.41) is 17.8. The number of carboxylic acid groups (broad SMARTS) is 1. The second kappa shape index (κ2) is 4.47. The van der Waals surface area contributed by atoms with E-state index in [9.17, 15) is 4.79 Å². The Hall–Kier alpha value is -2.02. The molecule has 0 saturated carbocycles. The fraction of sp³-hybridized carbons (Fsp3) is 0.273. The largest absolute Gasteiger partial charge is 0.494 e. The summed E-state index contributed by atoms with van der Waals surface area (Å²) in [6, 6.07) is 5.08. The zero-order valence-corrected chi connectivity index (χ0v) is 8.57. The highest BCUT2D eigenvalue weighted by Crippen LogP contribution is 2.26. The van der Waals surface area contributed by atoms with Crippen molar-refractivity contribution >= 4 is 5.97 Å². The minimum absolute atomic E-state index is 0.0197. The van der Waals surface area contributed by atoms with Crippen LogP contribution in [0.5, 0.6) is 5.75 Å². The fourth-order valence-corrected chi connectivity index (χ4v) is 1.42. The van der Waals surface area contributed by atoms with Gasteiger partial charge in [0.1, 0.15) is 11.6 Å². The van der Waals surface area contributed by atoms with Crippen LogP contribution in [0.25, 0.3) is 0 Å². The first-order valence-corrected chi connectivity index (χ1v) is 4.49. The summed E-state index contributed by atoms with van der Waals surface area (Å²) in [5.41, 5.74) is 1.12. The number of aromatic carboxylic acids is 1. The third-order valence-electron chi connectivity index (χ3n) is 2.17.